The molecule has 0 heterocycles. The number of hydrogen-bond acceptors (Lipinski definition) is 4. The van der Waals surface area contributed by atoms with Gasteiger partial charge in [0.05, 0.1) is 20.8 Å². The number of halogens is 1. The van der Waals surface area contributed by atoms with Crippen LogP contribution in [-0.4, -0.2) is 45.3 Å². The summed E-state index contributed by atoms with van der Waals surface area (Å²) in [5, 5.41) is 2.73. The Balaban J connectivity index is 1.73. The molecule has 0 saturated carbocycles. The molecule has 0 fully saturated rings. The summed E-state index contributed by atoms with van der Waals surface area (Å²) >= 11 is 0. The topological polar surface area (TPSA) is 60.0 Å². The maximum Gasteiger partial charge on any atom is 0.317 e. The quantitative estimate of drug-likeness (QED) is 0.784. The molecule has 0 aliphatic heterocycles. The van der Waals surface area contributed by atoms with Crippen LogP contribution in [0, 0.1) is 5.82 Å². The lowest BCUT2D eigenvalue weighted by molar-refractivity contribution is 0.195. The van der Waals surface area contributed by atoms with Crippen molar-refractivity contribution >= 4 is 6.03 Å². The Kier molecular flexibility index (Phi) is 7.08. The second-order valence-electron chi connectivity index (χ2n) is 5.57. The van der Waals surface area contributed by atoms with Gasteiger partial charge in [-0.15, -0.1) is 0 Å². The Hall–Kier alpha value is -2.96. The standard InChI is InChI=1S/C19H23FN2O4/c1-22(10-11-26-16-7-5-15(24-2)6-8-16)19(23)21-13-14-4-9-18(25-3)17(20)12-14/h4-9,12H,10-11,13H2,1-3H3,(H,21,23). The molecule has 140 valence electrons. The summed E-state index contributed by atoms with van der Waals surface area (Å²) in [4.78, 5) is 13.6. The minimum Gasteiger partial charge on any atom is -0.497 e. The SMILES string of the molecule is COc1ccc(OCCN(C)C(=O)NCc2ccc(OC)c(F)c2)cc1. The molecule has 26 heavy (non-hydrogen) atoms. The largest absolute Gasteiger partial charge is 0.497 e. The van der Waals surface area contributed by atoms with Gasteiger partial charge in [-0.1, -0.05) is 6.07 Å². The maximum absolute atomic E-state index is 13.6. The average Bonchev–Trinajstić information content (AvgIpc) is 2.66. The number of carbonyl (C=O) groups excluding carboxylic acids is 1. The second-order valence-corrected chi connectivity index (χ2v) is 5.57. The van der Waals surface area contributed by atoms with Crippen molar-refractivity contribution in [1.82, 2.24) is 10.2 Å². The third-order valence-electron chi connectivity index (χ3n) is 3.76. The molecule has 2 aromatic carbocycles. The summed E-state index contributed by atoms with van der Waals surface area (Å²) in [5.41, 5.74) is 0.652. The zero-order chi connectivity index (χ0) is 18.9. The number of ether oxygens (including phenoxy) is 3. The third kappa shape index (κ3) is 5.54. The van der Waals surface area contributed by atoms with Crippen LogP contribution in [-0.2, 0) is 6.54 Å². The summed E-state index contributed by atoms with van der Waals surface area (Å²) in [6, 6.07) is 11.5. The van der Waals surface area contributed by atoms with Crippen molar-refractivity contribution in [3.63, 3.8) is 0 Å². The van der Waals surface area contributed by atoms with E-state index in [0.717, 1.165) is 5.75 Å². The molecular formula is C19H23FN2O4. The van der Waals surface area contributed by atoms with Crippen LogP contribution >= 0.6 is 0 Å². The fourth-order valence-electron chi connectivity index (χ4n) is 2.21. The number of hydrogen-bond donors (Lipinski definition) is 1. The van der Waals surface area contributed by atoms with Gasteiger partial charge in [0.25, 0.3) is 0 Å². The van der Waals surface area contributed by atoms with Gasteiger partial charge in [-0.05, 0) is 42.0 Å². The van der Waals surface area contributed by atoms with Gasteiger partial charge in [0.1, 0.15) is 18.1 Å². The first-order valence-corrected chi connectivity index (χ1v) is 8.11. The third-order valence-corrected chi connectivity index (χ3v) is 3.76. The number of rotatable bonds is 8. The van der Waals surface area contributed by atoms with E-state index in [1.807, 2.05) is 0 Å². The predicted molar refractivity (Wildman–Crippen MR) is 96.3 cm³/mol. The number of likely N-dealkylation sites (N-methyl/N-ethyl adjacent to an activating group) is 1. The van der Waals surface area contributed by atoms with Crippen LogP contribution in [0.1, 0.15) is 5.56 Å². The van der Waals surface area contributed by atoms with E-state index in [1.165, 1.54) is 24.1 Å². The van der Waals surface area contributed by atoms with Crippen LogP contribution in [0.5, 0.6) is 17.2 Å². The van der Waals surface area contributed by atoms with Crippen LogP contribution in [0.15, 0.2) is 42.5 Å². The molecule has 0 radical (unpaired) electrons. The molecule has 0 aromatic heterocycles. The number of urea groups is 1. The molecule has 0 aliphatic carbocycles. The number of amides is 2. The normalized spacial score (nSPS) is 10.2. The van der Waals surface area contributed by atoms with E-state index < -0.39 is 5.82 Å². The van der Waals surface area contributed by atoms with Gasteiger partial charge >= 0.3 is 6.03 Å². The van der Waals surface area contributed by atoms with E-state index in [-0.39, 0.29) is 18.3 Å². The summed E-state index contributed by atoms with van der Waals surface area (Å²) in [6.07, 6.45) is 0. The molecule has 2 rings (SSSR count). The lowest BCUT2D eigenvalue weighted by atomic mass is 10.2. The van der Waals surface area contributed by atoms with Crippen molar-refractivity contribution in [3.05, 3.63) is 53.8 Å². The molecule has 0 unspecified atom stereocenters. The van der Waals surface area contributed by atoms with Crippen LogP contribution in [0.3, 0.4) is 0 Å². The van der Waals surface area contributed by atoms with Gasteiger partial charge in [-0.2, -0.15) is 0 Å². The molecule has 0 aliphatic rings. The lowest BCUT2D eigenvalue weighted by Gasteiger charge is -2.18. The molecule has 0 spiro atoms. The number of methoxy groups -OCH3 is 2. The highest BCUT2D eigenvalue weighted by Gasteiger charge is 2.09. The molecular weight excluding hydrogens is 339 g/mol. The molecule has 1 N–H and O–H groups in total. The summed E-state index contributed by atoms with van der Waals surface area (Å²) in [7, 11) is 4.67. The highest BCUT2D eigenvalue weighted by atomic mass is 19.1. The van der Waals surface area contributed by atoms with Crippen LogP contribution < -0.4 is 19.5 Å². The lowest BCUT2D eigenvalue weighted by Crippen LogP contribution is -2.39. The Labute approximate surface area is 152 Å². The smallest absolute Gasteiger partial charge is 0.317 e. The number of nitrogens with one attached hydrogen (secondary N) is 1. The zero-order valence-corrected chi connectivity index (χ0v) is 15.1. The first kappa shape index (κ1) is 19.4. The van der Waals surface area contributed by atoms with Crippen molar-refractivity contribution in [2.75, 3.05) is 34.4 Å². The monoisotopic (exact) mass is 362 g/mol. The fraction of sp³-hybridized carbons (Fsp3) is 0.316. The van der Waals surface area contributed by atoms with E-state index in [1.54, 1.807) is 44.5 Å². The number of carbonyl (C=O) groups is 1. The highest BCUT2D eigenvalue weighted by Crippen LogP contribution is 2.18. The average molecular weight is 362 g/mol. The van der Waals surface area contributed by atoms with E-state index in [0.29, 0.717) is 24.5 Å². The van der Waals surface area contributed by atoms with Gasteiger partial charge in [-0.3, -0.25) is 0 Å². The van der Waals surface area contributed by atoms with Crippen molar-refractivity contribution in [1.29, 1.82) is 0 Å². The molecule has 6 nitrogen and oxygen atoms in total. The highest BCUT2D eigenvalue weighted by molar-refractivity contribution is 5.73. The molecule has 7 heteroatoms. The minimum atomic E-state index is -0.458. The molecule has 2 aromatic rings. The first-order chi connectivity index (χ1) is 12.5. The van der Waals surface area contributed by atoms with Crippen molar-refractivity contribution < 1.29 is 23.4 Å². The minimum absolute atomic E-state index is 0.174. The van der Waals surface area contributed by atoms with E-state index in [2.05, 4.69) is 5.32 Å². The predicted octanol–water partition coefficient (Wildman–Crippen LogP) is 3.06. The Morgan fingerprint density at radius 2 is 1.77 bits per heavy atom. The Morgan fingerprint density at radius 1 is 1.08 bits per heavy atom. The van der Waals surface area contributed by atoms with Crippen molar-refractivity contribution in [3.8, 4) is 17.2 Å². The summed E-state index contributed by atoms with van der Waals surface area (Å²) in [6.45, 7) is 0.992. The Bertz CT molecular complexity index is 722. The van der Waals surface area contributed by atoms with Gasteiger partial charge in [0.15, 0.2) is 11.6 Å². The molecule has 0 bridgehead atoms. The van der Waals surface area contributed by atoms with Crippen LogP contribution in [0.4, 0.5) is 9.18 Å². The molecule has 0 atom stereocenters. The first-order valence-electron chi connectivity index (χ1n) is 8.11. The Morgan fingerprint density at radius 3 is 2.38 bits per heavy atom. The van der Waals surface area contributed by atoms with E-state index in [4.69, 9.17) is 14.2 Å². The van der Waals surface area contributed by atoms with Gasteiger partial charge in [0, 0.05) is 13.6 Å². The number of benzene rings is 2. The molecule has 0 saturated heterocycles. The van der Waals surface area contributed by atoms with Gasteiger partial charge in [-0.25, -0.2) is 9.18 Å². The van der Waals surface area contributed by atoms with Gasteiger partial charge < -0.3 is 24.4 Å². The van der Waals surface area contributed by atoms with Crippen molar-refractivity contribution in [2.45, 2.75) is 6.54 Å². The maximum atomic E-state index is 13.6. The van der Waals surface area contributed by atoms with Crippen LogP contribution in [0.2, 0.25) is 0 Å². The van der Waals surface area contributed by atoms with Gasteiger partial charge in [0.2, 0.25) is 0 Å². The van der Waals surface area contributed by atoms with E-state index in [9.17, 15) is 9.18 Å². The summed E-state index contributed by atoms with van der Waals surface area (Å²) in [5.74, 6) is 1.17. The number of nitrogens with zero attached hydrogens (tertiary/aromatic N) is 1. The van der Waals surface area contributed by atoms with E-state index >= 15 is 0 Å². The van der Waals surface area contributed by atoms with Crippen LogP contribution in [0.25, 0.3) is 0 Å². The fourth-order valence-corrected chi connectivity index (χ4v) is 2.21. The van der Waals surface area contributed by atoms with Crippen molar-refractivity contribution in [2.24, 2.45) is 0 Å². The second kappa shape index (κ2) is 9.50. The zero-order valence-electron chi connectivity index (χ0n) is 15.1. The molecule has 2 amide bonds. The summed E-state index contributed by atoms with van der Waals surface area (Å²) < 4.78 is 29.2.